The third-order valence-corrected chi connectivity index (χ3v) is 4.24. The Hall–Kier alpha value is -2.33. The van der Waals surface area contributed by atoms with Crippen LogP contribution in [0.3, 0.4) is 0 Å². The lowest BCUT2D eigenvalue weighted by atomic mass is 10.1. The standard InChI is InChI=1S/C20H23ClN2O2/c1-14-4-5-15(2)19(12-14)23(16(3)24)13-20(25)22-11-10-17-6-8-18(21)9-7-17/h4-9,12H,10-11,13H2,1-3H3,(H,22,25). The first-order valence-corrected chi connectivity index (χ1v) is 8.61. The highest BCUT2D eigenvalue weighted by Gasteiger charge is 2.17. The molecule has 0 saturated carbocycles. The Morgan fingerprint density at radius 1 is 1.08 bits per heavy atom. The van der Waals surface area contributed by atoms with Crippen molar-refractivity contribution in [3.05, 3.63) is 64.2 Å². The molecule has 0 heterocycles. The summed E-state index contributed by atoms with van der Waals surface area (Å²) in [6.45, 7) is 5.90. The normalized spacial score (nSPS) is 10.4. The number of hydrogen-bond donors (Lipinski definition) is 1. The van der Waals surface area contributed by atoms with Crippen LogP contribution in [0.1, 0.15) is 23.6 Å². The van der Waals surface area contributed by atoms with E-state index in [9.17, 15) is 9.59 Å². The average Bonchev–Trinajstić information content (AvgIpc) is 2.56. The summed E-state index contributed by atoms with van der Waals surface area (Å²) in [5.74, 6) is -0.327. The van der Waals surface area contributed by atoms with Crippen LogP contribution >= 0.6 is 11.6 Å². The van der Waals surface area contributed by atoms with Crippen LogP contribution in [-0.2, 0) is 16.0 Å². The molecule has 0 aromatic heterocycles. The number of benzene rings is 2. The summed E-state index contributed by atoms with van der Waals surface area (Å²) in [6.07, 6.45) is 0.715. The molecule has 2 rings (SSSR count). The number of anilines is 1. The van der Waals surface area contributed by atoms with Crippen molar-refractivity contribution in [3.8, 4) is 0 Å². The van der Waals surface area contributed by atoms with Crippen LogP contribution < -0.4 is 10.2 Å². The van der Waals surface area contributed by atoms with Crippen LogP contribution in [0, 0.1) is 13.8 Å². The van der Waals surface area contributed by atoms with Gasteiger partial charge in [-0.1, -0.05) is 35.9 Å². The quantitative estimate of drug-likeness (QED) is 0.856. The molecule has 132 valence electrons. The lowest BCUT2D eigenvalue weighted by Gasteiger charge is -2.23. The maximum absolute atomic E-state index is 12.2. The SMILES string of the molecule is CC(=O)N(CC(=O)NCCc1ccc(Cl)cc1)c1cc(C)ccc1C. The molecular formula is C20H23ClN2O2. The van der Waals surface area contributed by atoms with Gasteiger partial charge in [0, 0.05) is 24.2 Å². The number of rotatable bonds is 6. The van der Waals surface area contributed by atoms with Crippen LogP contribution in [0.2, 0.25) is 5.02 Å². The maximum atomic E-state index is 12.2. The van der Waals surface area contributed by atoms with E-state index in [-0.39, 0.29) is 18.4 Å². The molecule has 2 aromatic rings. The zero-order chi connectivity index (χ0) is 18.4. The summed E-state index contributed by atoms with van der Waals surface area (Å²) < 4.78 is 0. The van der Waals surface area contributed by atoms with Crippen molar-refractivity contribution in [2.24, 2.45) is 0 Å². The van der Waals surface area contributed by atoms with Crippen molar-refractivity contribution in [3.63, 3.8) is 0 Å². The summed E-state index contributed by atoms with van der Waals surface area (Å²) in [7, 11) is 0. The number of carbonyl (C=O) groups is 2. The molecule has 0 aliphatic carbocycles. The Bertz CT molecular complexity index is 757. The molecule has 0 aliphatic heterocycles. The van der Waals surface area contributed by atoms with Crippen LogP contribution in [0.5, 0.6) is 0 Å². The largest absolute Gasteiger partial charge is 0.354 e. The number of amides is 2. The van der Waals surface area contributed by atoms with E-state index in [0.29, 0.717) is 18.0 Å². The Kier molecular flexibility index (Phi) is 6.59. The fourth-order valence-electron chi connectivity index (χ4n) is 2.57. The molecular weight excluding hydrogens is 336 g/mol. The van der Waals surface area contributed by atoms with Gasteiger partial charge in [-0.15, -0.1) is 0 Å². The monoisotopic (exact) mass is 358 g/mol. The second-order valence-corrected chi connectivity index (χ2v) is 6.56. The highest BCUT2D eigenvalue weighted by molar-refractivity contribution is 6.30. The Morgan fingerprint density at radius 2 is 1.76 bits per heavy atom. The van der Waals surface area contributed by atoms with Crippen LogP contribution in [0.4, 0.5) is 5.69 Å². The topological polar surface area (TPSA) is 49.4 Å². The van der Waals surface area contributed by atoms with Gasteiger partial charge >= 0.3 is 0 Å². The van der Waals surface area contributed by atoms with Gasteiger partial charge in [-0.2, -0.15) is 0 Å². The second kappa shape index (κ2) is 8.67. The van der Waals surface area contributed by atoms with Crippen molar-refractivity contribution < 1.29 is 9.59 Å². The number of halogens is 1. The van der Waals surface area contributed by atoms with Crippen LogP contribution in [-0.4, -0.2) is 24.9 Å². The van der Waals surface area contributed by atoms with Gasteiger partial charge < -0.3 is 10.2 Å². The van der Waals surface area contributed by atoms with E-state index in [2.05, 4.69) is 5.32 Å². The van der Waals surface area contributed by atoms with Crippen LogP contribution in [0.25, 0.3) is 0 Å². The number of aryl methyl sites for hydroxylation is 2. The van der Waals surface area contributed by atoms with E-state index in [1.807, 2.05) is 56.3 Å². The Morgan fingerprint density at radius 3 is 2.40 bits per heavy atom. The van der Waals surface area contributed by atoms with Gasteiger partial charge in [0.05, 0.1) is 0 Å². The van der Waals surface area contributed by atoms with E-state index < -0.39 is 0 Å². The van der Waals surface area contributed by atoms with E-state index in [4.69, 9.17) is 11.6 Å². The zero-order valence-electron chi connectivity index (χ0n) is 14.8. The molecule has 0 saturated heterocycles. The number of carbonyl (C=O) groups excluding carboxylic acids is 2. The van der Waals surface area contributed by atoms with Gasteiger partial charge in [0.2, 0.25) is 11.8 Å². The molecule has 0 fully saturated rings. The van der Waals surface area contributed by atoms with Crippen LogP contribution in [0.15, 0.2) is 42.5 Å². The van der Waals surface area contributed by atoms with Crippen molar-refractivity contribution in [2.45, 2.75) is 27.2 Å². The minimum absolute atomic E-state index is 0.0141. The van der Waals surface area contributed by atoms with Gasteiger partial charge in [-0.3, -0.25) is 9.59 Å². The molecule has 0 spiro atoms. The average molecular weight is 359 g/mol. The van der Waals surface area contributed by atoms with E-state index in [0.717, 1.165) is 22.4 Å². The molecule has 4 nitrogen and oxygen atoms in total. The molecule has 1 N–H and O–H groups in total. The van der Waals surface area contributed by atoms with Gasteiger partial charge in [-0.05, 0) is 55.2 Å². The van der Waals surface area contributed by atoms with E-state index in [1.165, 1.54) is 11.8 Å². The maximum Gasteiger partial charge on any atom is 0.240 e. The Balaban J connectivity index is 1.95. The van der Waals surface area contributed by atoms with Gasteiger partial charge in [0.25, 0.3) is 0 Å². The molecule has 25 heavy (non-hydrogen) atoms. The minimum Gasteiger partial charge on any atom is -0.354 e. The van der Waals surface area contributed by atoms with Crippen molar-refractivity contribution in [1.29, 1.82) is 0 Å². The molecule has 5 heteroatoms. The van der Waals surface area contributed by atoms with Gasteiger partial charge in [0.1, 0.15) is 6.54 Å². The summed E-state index contributed by atoms with van der Waals surface area (Å²) in [6, 6.07) is 13.4. The van der Waals surface area contributed by atoms with Gasteiger partial charge in [-0.25, -0.2) is 0 Å². The third kappa shape index (κ3) is 5.61. The third-order valence-electron chi connectivity index (χ3n) is 3.99. The lowest BCUT2D eigenvalue weighted by molar-refractivity contribution is -0.123. The second-order valence-electron chi connectivity index (χ2n) is 6.12. The molecule has 0 bridgehead atoms. The summed E-state index contributed by atoms with van der Waals surface area (Å²) in [4.78, 5) is 25.8. The lowest BCUT2D eigenvalue weighted by Crippen LogP contribution is -2.40. The summed E-state index contributed by atoms with van der Waals surface area (Å²) in [5.41, 5.74) is 3.90. The van der Waals surface area contributed by atoms with Gasteiger partial charge in [0.15, 0.2) is 0 Å². The molecule has 0 radical (unpaired) electrons. The molecule has 0 aliphatic rings. The molecule has 0 atom stereocenters. The summed E-state index contributed by atoms with van der Waals surface area (Å²) >= 11 is 5.86. The smallest absolute Gasteiger partial charge is 0.240 e. The minimum atomic E-state index is -0.176. The molecule has 0 unspecified atom stereocenters. The number of nitrogens with one attached hydrogen (secondary N) is 1. The first-order chi connectivity index (χ1) is 11.9. The highest BCUT2D eigenvalue weighted by atomic mass is 35.5. The zero-order valence-corrected chi connectivity index (χ0v) is 15.6. The predicted molar refractivity (Wildman–Crippen MR) is 102 cm³/mol. The fourth-order valence-corrected chi connectivity index (χ4v) is 2.70. The highest BCUT2D eigenvalue weighted by Crippen LogP contribution is 2.21. The molecule has 2 aromatic carbocycles. The van der Waals surface area contributed by atoms with Crippen molar-refractivity contribution in [1.82, 2.24) is 5.32 Å². The number of nitrogens with zero attached hydrogens (tertiary/aromatic N) is 1. The summed E-state index contributed by atoms with van der Waals surface area (Å²) in [5, 5.41) is 3.56. The Labute approximate surface area is 153 Å². The predicted octanol–water partition coefficient (Wildman–Crippen LogP) is 3.67. The van der Waals surface area contributed by atoms with E-state index in [1.54, 1.807) is 0 Å². The van der Waals surface area contributed by atoms with Crippen molar-refractivity contribution >= 4 is 29.1 Å². The number of hydrogen-bond acceptors (Lipinski definition) is 2. The first-order valence-electron chi connectivity index (χ1n) is 8.23. The van der Waals surface area contributed by atoms with Crippen molar-refractivity contribution in [2.75, 3.05) is 18.0 Å². The van der Waals surface area contributed by atoms with E-state index >= 15 is 0 Å². The molecule has 2 amide bonds. The fraction of sp³-hybridized carbons (Fsp3) is 0.300. The first kappa shape index (κ1) is 19.0.